The average Bonchev–Trinajstić information content (AvgIpc) is 2.91. The van der Waals surface area contributed by atoms with Crippen LogP contribution in [0.25, 0.3) is 0 Å². The molecule has 4 nitrogen and oxygen atoms in total. The van der Waals surface area contributed by atoms with Crippen LogP contribution in [0.3, 0.4) is 0 Å². The molecular formula is C15H19N3OS. The Morgan fingerprint density at radius 2 is 2.10 bits per heavy atom. The molecule has 2 heterocycles. The Labute approximate surface area is 124 Å². The fourth-order valence-corrected chi connectivity index (χ4v) is 3.54. The van der Waals surface area contributed by atoms with Gasteiger partial charge in [-0.25, -0.2) is 4.98 Å². The summed E-state index contributed by atoms with van der Waals surface area (Å²) in [5.41, 5.74) is 2.38. The number of nitrogens with zero attached hydrogens (tertiary/aromatic N) is 3. The predicted molar refractivity (Wildman–Crippen MR) is 79.6 cm³/mol. The molecule has 0 N–H and O–H groups in total. The van der Waals surface area contributed by atoms with Crippen LogP contribution in [0.15, 0.2) is 11.1 Å². The largest absolute Gasteiger partial charge is 0.342 e. The molecule has 0 unspecified atom stereocenters. The summed E-state index contributed by atoms with van der Waals surface area (Å²) in [5, 5.41) is 9.73. The van der Waals surface area contributed by atoms with Crippen molar-refractivity contribution in [2.45, 2.75) is 43.9 Å². The predicted octanol–water partition coefficient (Wildman–Crippen LogP) is 2.67. The van der Waals surface area contributed by atoms with Crippen LogP contribution in [0, 0.1) is 25.2 Å². The maximum absolute atomic E-state index is 12.3. The number of hydrogen-bond acceptors (Lipinski definition) is 4. The van der Waals surface area contributed by atoms with Crippen molar-refractivity contribution in [3.05, 3.63) is 22.9 Å². The van der Waals surface area contributed by atoms with E-state index >= 15 is 0 Å². The van der Waals surface area contributed by atoms with Crippen molar-refractivity contribution in [1.29, 1.82) is 5.26 Å². The van der Waals surface area contributed by atoms with E-state index < -0.39 is 0 Å². The monoisotopic (exact) mass is 289 g/mol. The highest BCUT2D eigenvalue weighted by molar-refractivity contribution is 8.00. The highest BCUT2D eigenvalue weighted by Crippen LogP contribution is 2.28. The van der Waals surface area contributed by atoms with Gasteiger partial charge in [-0.2, -0.15) is 5.26 Å². The summed E-state index contributed by atoms with van der Waals surface area (Å²) in [6, 6.07) is 4.10. The lowest BCUT2D eigenvalue weighted by molar-refractivity contribution is -0.129. The SMILES string of the molecule is Cc1cc(C)c(C#N)c(S[C@H](C)C(=O)N2CCCC2)n1. The number of rotatable bonds is 3. The first-order valence-corrected chi connectivity index (χ1v) is 7.74. The first kappa shape index (κ1) is 14.9. The van der Waals surface area contributed by atoms with Gasteiger partial charge in [0.2, 0.25) is 5.91 Å². The van der Waals surface area contributed by atoms with Crippen LogP contribution in [0.4, 0.5) is 0 Å². The number of amides is 1. The van der Waals surface area contributed by atoms with E-state index in [0.717, 1.165) is 37.2 Å². The Kier molecular flexibility index (Phi) is 4.66. The number of carbonyl (C=O) groups is 1. The zero-order chi connectivity index (χ0) is 14.7. The number of aromatic nitrogens is 1. The van der Waals surface area contributed by atoms with Crippen LogP contribution in [0.5, 0.6) is 0 Å². The van der Waals surface area contributed by atoms with E-state index in [2.05, 4.69) is 11.1 Å². The molecule has 2 rings (SSSR count). The van der Waals surface area contributed by atoms with Crippen molar-refractivity contribution in [3.8, 4) is 6.07 Å². The number of thioether (sulfide) groups is 1. The second-order valence-electron chi connectivity index (χ2n) is 5.16. The summed E-state index contributed by atoms with van der Waals surface area (Å²) in [4.78, 5) is 18.6. The molecule has 0 radical (unpaired) electrons. The van der Waals surface area contributed by atoms with Crippen LogP contribution in [0.1, 0.15) is 36.6 Å². The van der Waals surface area contributed by atoms with Gasteiger partial charge in [0.1, 0.15) is 11.1 Å². The number of aryl methyl sites for hydroxylation is 2. The van der Waals surface area contributed by atoms with Crippen molar-refractivity contribution in [2.24, 2.45) is 0 Å². The number of carbonyl (C=O) groups excluding carboxylic acids is 1. The van der Waals surface area contributed by atoms with E-state index in [-0.39, 0.29) is 11.2 Å². The molecule has 0 spiro atoms. The van der Waals surface area contributed by atoms with Gasteiger partial charge in [-0.15, -0.1) is 0 Å². The minimum atomic E-state index is -0.200. The standard InChI is InChI=1S/C15H19N3OS/c1-10-8-11(2)17-14(13(10)9-16)20-12(3)15(19)18-6-4-5-7-18/h8,12H,4-7H2,1-3H3/t12-/m1/s1. The van der Waals surface area contributed by atoms with Crippen molar-refractivity contribution >= 4 is 17.7 Å². The molecule has 5 heteroatoms. The molecule has 1 aromatic rings. The molecule has 1 aliphatic heterocycles. The first-order chi connectivity index (χ1) is 9.52. The van der Waals surface area contributed by atoms with E-state index in [1.54, 1.807) is 0 Å². The van der Waals surface area contributed by atoms with E-state index in [1.165, 1.54) is 11.8 Å². The van der Waals surface area contributed by atoms with Gasteiger partial charge in [0.25, 0.3) is 0 Å². The lowest BCUT2D eigenvalue weighted by Gasteiger charge is -2.20. The van der Waals surface area contributed by atoms with Crippen LogP contribution in [0.2, 0.25) is 0 Å². The van der Waals surface area contributed by atoms with Gasteiger partial charge in [0.05, 0.1) is 10.8 Å². The zero-order valence-electron chi connectivity index (χ0n) is 12.1. The van der Waals surface area contributed by atoms with Crippen LogP contribution >= 0.6 is 11.8 Å². The molecule has 106 valence electrons. The van der Waals surface area contributed by atoms with Crippen molar-refractivity contribution in [3.63, 3.8) is 0 Å². The molecule has 1 fully saturated rings. The molecule has 0 bridgehead atoms. The van der Waals surface area contributed by atoms with Gasteiger partial charge in [0, 0.05) is 18.8 Å². The maximum atomic E-state index is 12.3. The number of hydrogen-bond donors (Lipinski definition) is 0. The quantitative estimate of drug-likeness (QED) is 0.803. The Hall–Kier alpha value is -1.54. The molecular weight excluding hydrogens is 270 g/mol. The van der Waals surface area contributed by atoms with Gasteiger partial charge in [-0.1, -0.05) is 11.8 Å². The fourth-order valence-electron chi connectivity index (χ4n) is 2.44. The first-order valence-electron chi connectivity index (χ1n) is 6.86. The second-order valence-corrected chi connectivity index (χ2v) is 6.49. The Morgan fingerprint density at radius 3 is 2.70 bits per heavy atom. The Bertz CT molecular complexity index is 559. The summed E-state index contributed by atoms with van der Waals surface area (Å²) >= 11 is 1.39. The number of likely N-dealkylation sites (tertiary alicyclic amines) is 1. The fraction of sp³-hybridized carbons (Fsp3) is 0.533. The molecule has 1 atom stereocenters. The van der Waals surface area contributed by atoms with E-state index in [1.807, 2.05) is 31.7 Å². The van der Waals surface area contributed by atoms with Gasteiger partial charge >= 0.3 is 0 Å². The van der Waals surface area contributed by atoms with Gasteiger partial charge in [0.15, 0.2) is 0 Å². The number of nitriles is 1. The van der Waals surface area contributed by atoms with Gasteiger partial charge < -0.3 is 4.90 Å². The lowest BCUT2D eigenvalue weighted by atomic mass is 10.1. The molecule has 1 aromatic heterocycles. The normalized spacial score (nSPS) is 16.0. The van der Waals surface area contributed by atoms with E-state index in [0.29, 0.717) is 10.6 Å². The maximum Gasteiger partial charge on any atom is 0.235 e. The third kappa shape index (κ3) is 3.13. The Morgan fingerprint density at radius 1 is 1.45 bits per heavy atom. The molecule has 0 aliphatic carbocycles. The minimum absolute atomic E-state index is 0.150. The lowest BCUT2D eigenvalue weighted by Crippen LogP contribution is -2.34. The van der Waals surface area contributed by atoms with E-state index in [4.69, 9.17) is 0 Å². The summed E-state index contributed by atoms with van der Waals surface area (Å²) in [6.45, 7) is 7.42. The molecule has 1 saturated heterocycles. The molecule has 0 saturated carbocycles. The van der Waals surface area contributed by atoms with Crippen LogP contribution in [-0.4, -0.2) is 34.1 Å². The van der Waals surface area contributed by atoms with Crippen molar-refractivity contribution in [1.82, 2.24) is 9.88 Å². The summed E-state index contributed by atoms with van der Waals surface area (Å²) in [5.74, 6) is 0.150. The van der Waals surface area contributed by atoms with Crippen molar-refractivity contribution in [2.75, 3.05) is 13.1 Å². The smallest absolute Gasteiger partial charge is 0.235 e. The summed E-state index contributed by atoms with van der Waals surface area (Å²) < 4.78 is 0. The third-order valence-corrected chi connectivity index (χ3v) is 4.55. The minimum Gasteiger partial charge on any atom is -0.342 e. The van der Waals surface area contributed by atoms with E-state index in [9.17, 15) is 10.1 Å². The molecule has 20 heavy (non-hydrogen) atoms. The highest BCUT2D eigenvalue weighted by atomic mass is 32.2. The van der Waals surface area contributed by atoms with Crippen LogP contribution in [-0.2, 0) is 4.79 Å². The number of pyridine rings is 1. The van der Waals surface area contributed by atoms with Gasteiger partial charge in [-0.05, 0) is 45.2 Å². The molecule has 0 aromatic carbocycles. The van der Waals surface area contributed by atoms with Crippen molar-refractivity contribution < 1.29 is 4.79 Å². The highest BCUT2D eigenvalue weighted by Gasteiger charge is 2.25. The van der Waals surface area contributed by atoms with Gasteiger partial charge in [-0.3, -0.25) is 4.79 Å². The summed E-state index contributed by atoms with van der Waals surface area (Å²) in [6.07, 6.45) is 2.18. The Balaban J connectivity index is 2.17. The average molecular weight is 289 g/mol. The molecule has 1 amide bonds. The van der Waals surface area contributed by atoms with Crippen LogP contribution < -0.4 is 0 Å². The topological polar surface area (TPSA) is 57.0 Å². The zero-order valence-corrected chi connectivity index (χ0v) is 13.0. The second kappa shape index (κ2) is 6.27. The third-order valence-electron chi connectivity index (χ3n) is 3.48. The summed E-state index contributed by atoms with van der Waals surface area (Å²) in [7, 11) is 0. The molecule has 1 aliphatic rings.